The van der Waals surface area contributed by atoms with E-state index in [0.717, 1.165) is 18.5 Å². The van der Waals surface area contributed by atoms with Gasteiger partial charge in [0, 0.05) is 38.1 Å². The average molecular weight is 412 g/mol. The third kappa shape index (κ3) is 4.99. The Labute approximate surface area is 176 Å². The minimum absolute atomic E-state index is 0.00536. The van der Waals surface area contributed by atoms with Crippen LogP contribution in [0.4, 0.5) is 0 Å². The van der Waals surface area contributed by atoms with E-state index in [9.17, 15) is 14.4 Å². The molecular weight excluding hydrogens is 384 g/mol. The van der Waals surface area contributed by atoms with Crippen LogP contribution in [-0.4, -0.2) is 77.5 Å². The number of terminal acetylenes is 1. The number of fused-ring (bicyclic) bond motifs is 1. The molecule has 0 aromatic heterocycles. The van der Waals surface area contributed by atoms with Gasteiger partial charge in [-0.1, -0.05) is 18.1 Å². The minimum Gasteiger partial charge on any atom is -0.478 e. The van der Waals surface area contributed by atoms with Gasteiger partial charge in [-0.2, -0.15) is 0 Å². The van der Waals surface area contributed by atoms with Crippen molar-refractivity contribution in [1.82, 2.24) is 20.4 Å². The number of carbonyl (C=O) groups excluding carboxylic acids is 2. The fraction of sp³-hybridized carbons (Fsp3) is 0.500. The van der Waals surface area contributed by atoms with E-state index in [-0.39, 0.29) is 42.0 Å². The van der Waals surface area contributed by atoms with Gasteiger partial charge in [-0.3, -0.25) is 19.4 Å². The molecule has 2 amide bonds. The Hall–Kier alpha value is -2.89. The topological polar surface area (TPSA) is 102 Å². The number of hydrogen-bond donors (Lipinski definition) is 3. The summed E-state index contributed by atoms with van der Waals surface area (Å²) in [5, 5.41) is 14.8. The number of likely N-dealkylation sites (tertiary alicyclic amines) is 1. The lowest BCUT2D eigenvalue weighted by Crippen LogP contribution is -2.49. The fourth-order valence-corrected chi connectivity index (χ4v) is 4.35. The van der Waals surface area contributed by atoms with E-state index in [1.165, 1.54) is 0 Å². The molecule has 8 nitrogen and oxygen atoms in total. The van der Waals surface area contributed by atoms with Crippen molar-refractivity contribution in [3.8, 4) is 12.3 Å². The van der Waals surface area contributed by atoms with Crippen molar-refractivity contribution in [2.45, 2.75) is 43.9 Å². The highest BCUT2D eigenvalue weighted by molar-refractivity contribution is 5.87. The van der Waals surface area contributed by atoms with Crippen molar-refractivity contribution in [3.63, 3.8) is 0 Å². The lowest BCUT2D eigenvalue weighted by molar-refractivity contribution is -0.126. The summed E-state index contributed by atoms with van der Waals surface area (Å²) in [6, 6.07) is 6.66. The molecule has 1 aromatic carbocycles. The van der Waals surface area contributed by atoms with E-state index in [2.05, 4.69) is 26.4 Å². The summed E-state index contributed by atoms with van der Waals surface area (Å²) in [7, 11) is 2.02. The van der Waals surface area contributed by atoms with Crippen LogP contribution in [0.15, 0.2) is 24.3 Å². The number of nitrogens with one attached hydrogen (secondary N) is 2. The second-order valence-corrected chi connectivity index (χ2v) is 7.86. The Balaban J connectivity index is 1.64. The lowest BCUT2D eigenvalue weighted by Gasteiger charge is -2.33. The van der Waals surface area contributed by atoms with Gasteiger partial charge in [0.1, 0.15) is 6.04 Å². The van der Waals surface area contributed by atoms with Gasteiger partial charge in [-0.25, -0.2) is 4.79 Å². The molecule has 0 bridgehead atoms. The van der Waals surface area contributed by atoms with Crippen molar-refractivity contribution in [2.75, 3.05) is 26.7 Å². The molecule has 0 aliphatic carbocycles. The van der Waals surface area contributed by atoms with Crippen LogP contribution >= 0.6 is 0 Å². The normalized spacial score (nSPS) is 24.4. The number of amides is 2. The predicted molar refractivity (Wildman–Crippen MR) is 112 cm³/mol. The highest BCUT2D eigenvalue weighted by Crippen LogP contribution is 2.28. The second kappa shape index (κ2) is 9.74. The number of rotatable bonds is 7. The standard InChI is InChI=1S/C22H28N4O4/c1-3-11-23-19(27)9-8-17-13-24-21(28)20-18(25(17)2)10-12-26(20)14-15-4-6-16(7-5-15)22(29)30/h1,4-7,17-18,20H,8-14H2,2H3,(H,23,27)(H,24,28)(H,29,30). The van der Waals surface area contributed by atoms with Crippen molar-refractivity contribution < 1.29 is 19.5 Å². The molecule has 0 saturated carbocycles. The van der Waals surface area contributed by atoms with E-state index >= 15 is 0 Å². The SMILES string of the molecule is C#CCNC(=O)CCC1CNC(=O)C2C(CCN2Cc2ccc(C(=O)O)cc2)N1C. The van der Waals surface area contributed by atoms with E-state index < -0.39 is 5.97 Å². The zero-order valence-corrected chi connectivity index (χ0v) is 17.1. The molecular formula is C22H28N4O4. The Kier molecular flexibility index (Phi) is 7.08. The van der Waals surface area contributed by atoms with Gasteiger partial charge in [-0.05, 0) is 37.6 Å². The maximum Gasteiger partial charge on any atom is 0.335 e. The van der Waals surface area contributed by atoms with Gasteiger partial charge in [0.15, 0.2) is 0 Å². The molecule has 2 saturated heterocycles. The monoisotopic (exact) mass is 412 g/mol. The number of hydrogen-bond acceptors (Lipinski definition) is 5. The number of carboxylic acids is 1. The molecule has 0 radical (unpaired) electrons. The highest BCUT2D eigenvalue weighted by atomic mass is 16.4. The summed E-state index contributed by atoms with van der Waals surface area (Å²) in [6.07, 6.45) is 7.04. The molecule has 3 atom stereocenters. The first kappa shape index (κ1) is 21.8. The lowest BCUT2D eigenvalue weighted by atomic mass is 10.0. The fourth-order valence-electron chi connectivity index (χ4n) is 4.35. The zero-order valence-electron chi connectivity index (χ0n) is 17.1. The number of carboxylic acid groups (broad SMARTS) is 1. The molecule has 3 rings (SSSR count). The van der Waals surface area contributed by atoms with Crippen LogP contribution in [-0.2, 0) is 16.1 Å². The third-order valence-corrected chi connectivity index (χ3v) is 6.03. The van der Waals surface area contributed by atoms with Gasteiger partial charge in [0.2, 0.25) is 11.8 Å². The van der Waals surface area contributed by atoms with E-state index in [4.69, 9.17) is 11.5 Å². The van der Waals surface area contributed by atoms with Crippen LogP contribution in [0.1, 0.15) is 35.2 Å². The van der Waals surface area contributed by atoms with Gasteiger partial charge >= 0.3 is 5.97 Å². The van der Waals surface area contributed by atoms with Gasteiger partial charge in [-0.15, -0.1) is 6.42 Å². The van der Waals surface area contributed by atoms with Crippen LogP contribution in [0.5, 0.6) is 0 Å². The molecule has 8 heteroatoms. The summed E-state index contributed by atoms with van der Waals surface area (Å²) >= 11 is 0. The Morgan fingerprint density at radius 1 is 1.33 bits per heavy atom. The van der Waals surface area contributed by atoms with Crippen molar-refractivity contribution in [1.29, 1.82) is 0 Å². The Bertz CT molecular complexity index is 833. The second-order valence-electron chi connectivity index (χ2n) is 7.86. The number of carbonyl (C=O) groups is 3. The summed E-state index contributed by atoms with van der Waals surface area (Å²) in [4.78, 5) is 40.2. The van der Waals surface area contributed by atoms with Crippen LogP contribution in [0, 0.1) is 12.3 Å². The van der Waals surface area contributed by atoms with Crippen LogP contribution < -0.4 is 10.6 Å². The largest absolute Gasteiger partial charge is 0.478 e. The van der Waals surface area contributed by atoms with E-state index in [1.54, 1.807) is 24.3 Å². The van der Waals surface area contributed by atoms with Gasteiger partial charge < -0.3 is 15.7 Å². The van der Waals surface area contributed by atoms with Crippen LogP contribution in [0.2, 0.25) is 0 Å². The van der Waals surface area contributed by atoms with Crippen LogP contribution in [0.25, 0.3) is 0 Å². The average Bonchev–Trinajstić information content (AvgIpc) is 3.10. The third-order valence-electron chi connectivity index (χ3n) is 6.03. The summed E-state index contributed by atoms with van der Waals surface area (Å²) < 4.78 is 0. The smallest absolute Gasteiger partial charge is 0.335 e. The molecule has 2 fully saturated rings. The maximum atomic E-state index is 12.9. The Morgan fingerprint density at radius 3 is 2.73 bits per heavy atom. The minimum atomic E-state index is -0.952. The highest BCUT2D eigenvalue weighted by Gasteiger charge is 2.44. The first-order valence-electron chi connectivity index (χ1n) is 10.2. The molecule has 1 aromatic rings. The molecule has 30 heavy (non-hydrogen) atoms. The van der Waals surface area contributed by atoms with Gasteiger partial charge in [0.05, 0.1) is 12.1 Å². The number of likely N-dealkylation sites (N-methyl/N-ethyl adjacent to an activating group) is 1. The quantitative estimate of drug-likeness (QED) is 0.557. The molecule has 3 N–H and O–H groups in total. The zero-order chi connectivity index (χ0) is 21.7. The molecule has 160 valence electrons. The van der Waals surface area contributed by atoms with Crippen molar-refractivity contribution in [2.24, 2.45) is 0 Å². The number of nitrogens with zero attached hydrogens (tertiary/aromatic N) is 2. The first-order valence-corrected chi connectivity index (χ1v) is 10.2. The first-order chi connectivity index (χ1) is 14.4. The van der Waals surface area contributed by atoms with Crippen molar-refractivity contribution >= 4 is 17.8 Å². The molecule has 0 spiro atoms. The van der Waals surface area contributed by atoms with Crippen LogP contribution in [0.3, 0.4) is 0 Å². The molecule has 2 heterocycles. The molecule has 3 unspecified atom stereocenters. The summed E-state index contributed by atoms with van der Waals surface area (Å²) in [5.41, 5.74) is 1.22. The van der Waals surface area contributed by atoms with Crippen molar-refractivity contribution in [3.05, 3.63) is 35.4 Å². The van der Waals surface area contributed by atoms with E-state index in [1.807, 2.05) is 7.05 Å². The van der Waals surface area contributed by atoms with E-state index in [0.29, 0.717) is 25.9 Å². The van der Waals surface area contributed by atoms with Gasteiger partial charge in [0.25, 0.3) is 0 Å². The number of benzene rings is 1. The predicted octanol–water partition coefficient (Wildman–Crippen LogP) is 0.288. The summed E-state index contributed by atoms with van der Waals surface area (Å²) in [6.45, 7) is 2.10. The molecule has 2 aliphatic heterocycles. The Morgan fingerprint density at radius 2 is 2.07 bits per heavy atom. The summed E-state index contributed by atoms with van der Waals surface area (Å²) in [5.74, 6) is 1.37. The molecule has 2 aliphatic rings. The maximum absolute atomic E-state index is 12.9. The number of aromatic carboxylic acids is 1.